The Balaban J connectivity index is 1.54. The Bertz CT molecular complexity index is 1130. The Hall–Kier alpha value is -3.67. The molecular weight excluding hydrogens is 376 g/mol. The Morgan fingerprint density at radius 1 is 1.20 bits per heavy atom. The molecule has 2 aromatic heterocycles. The molecule has 0 unspecified atom stereocenters. The summed E-state index contributed by atoms with van der Waals surface area (Å²) < 4.78 is 6.02. The topological polar surface area (TPSA) is 58.6 Å². The van der Waals surface area contributed by atoms with Gasteiger partial charge < -0.3 is 14.5 Å². The van der Waals surface area contributed by atoms with Gasteiger partial charge in [0.25, 0.3) is 5.91 Å². The first kappa shape index (κ1) is 19.6. The molecule has 30 heavy (non-hydrogen) atoms. The number of allylic oxidation sites excluding steroid dienone is 1. The van der Waals surface area contributed by atoms with Gasteiger partial charge in [0.2, 0.25) is 0 Å². The highest BCUT2D eigenvalue weighted by Crippen LogP contribution is 2.27. The van der Waals surface area contributed by atoms with Crippen LogP contribution in [-0.4, -0.2) is 41.0 Å². The number of hydrogen-bond donors (Lipinski definition) is 0. The van der Waals surface area contributed by atoms with Crippen LogP contribution in [0.1, 0.15) is 22.8 Å². The molecule has 1 amide bonds. The number of carbonyl (C=O) groups excluding carboxylic acids is 1. The van der Waals surface area contributed by atoms with Crippen LogP contribution in [-0.2, 0) is 6.42 Å². The SMILES string of the molecule is C=CC1=CN(CC)c2ncc(CCOc3ccnc4ccccc34)cc2C(=O)N1C. The van der Waals surface area contributed by atoms with E-state index in [2.05, 4.69) is 16.5 Å². The Labute approximate surface area is 176 Å². The standard InChI is InChI=1S/C24H24N4O2/c1-4-18-16-28(5-2)23-20(24(29)27(18)3)14-17(15-26-23)11-13-30-22-10-12-25-21-9-7-6-8-19(21)22/h4,6-10,12,14-16H,1,5,11,13H2,2-3H3. The molecule has 1 aliphatic rings. The predicted molar refractivity (Wildman–Crippen MR) is 119 cm³/mol. The molecule has 0 N–H and O–H groups in total. The lowest BCUT2D eigenvalue weighted by atomic mass is 10.1. The summed E-state index contributed by atoms with van der Waals surface area (Å²) in [4.78, 5) is 25.5. The zero-order valence-corrected chi connectivity index (χ0v) is 17.2. The van der Waals surface area contributed by atoms with Gasteiger partial charge in [-0.1, -0.05) is 18.7 Å². The zero-order chi connectivity index (χ0) is 21.1. The number of amides is 1. The van der Waals surface area contributed by atoms with Gasteiger partial charge in [-0.15, -0.1) is 0 Å². The maximum Gasteiger partial charge on any atom is 0.261 e. The van der Waals surface area contributed by atoms with Crippen molar-refractivity contribution in [3.05, 3.63) is 84.5 Å². The Morgan fingerprint density at radius 3 is 2.83 bits per heavy atom. The lowest BCUT2D eigenvalue weighted by molar-refractivity contribution is 0.0842. The lowest BCUT2D eigenvalue weighted by Gasteiger charge is -2.18. The maximum atomic E-state index is 13.0. The lowest BCUT2D eigenvalue weighted by Crippen LogP contribution is -2.24. The van der Waals surface area contributed by atoms with E-state index in [1.165, 1.54) is 0 Å². The second-order valence-electron chi connectivity index (χ2n) is 7.05. The van der Waals surface area contributed by atoms with Crippen LogP contribution in [0.15, 0.2) is 73.3 Å². The molecule has 0 bridgehead atoms. The molecule has 0 saturated heterocycles. The predicted octanol–water partition coefficient (Wildman–Crippen LogP) is 4.19. The van der Waals surface area contributed by atoms with E-state index in [4.69, 9.17) is 4.74 Å². The first-order valence-corrected chi connectivity index (χ1v) is 9.96. The fourth-order valence-electron chi connectivity index (χ4n) is 3.53. The van der Waals surface area contributed by atoms with Gasteiger partial charge in [0.1, 0.15) is 11.6 Å². The van der Waals surface area contributed by atoms with Gasteiger partial charge in [-0.2, -0.15) is 0 Å². The second kappa shape index (κ2) is 8.37. The summed E-state index contributed by atoms with van der Waals surface area (Å²) in [6.07, 6.45) is 7.79. The highest BCUT2D eigenvalue weighted by Gasteiger charge is 2.25. The van der Waals surface area contributed by atoms with Crippen LogP contribution in [0.2, 0.25) is 0 Å². The van der Waals surface area contributed by atoms with Crippen LogP contribution in [0.25, 0.3) is 10.9 Å². The largest absolute Gasteiger partial charge is 0.492 e. The molecule has 6 heteroatoms. The van der Waals surface area contributed by atoms with E-state index in [0.29, 0.717) is 31.0 Å². The van der Waals surface area contributed by atoms with Crippen LogP contribution in [0.5, 0.6) is 5.75 Å². The third-order valence-corrected chi connectivity index (χ3v) is 5.21. The van der Waals surface area contributed by atoms with Crippen molar-refractivity contribution >= 4 is 22.6 Å². The number of hydrogen-bond acceptors (Lipinski definition) is 5. The second-order valence-corrected chi connectivity index (χ2v) is 7.05. The molecule has 6 nitrogen and oxygen atoms in total. The number of para-hydroxylation sites is 1. The first-order chi connectivity index (χ1) is 14.6. The van der Waals surface area contributed by atoms with Gasteiger partial charge >= 0.3 is 0 Å². The normalized spacial score (nSPS) is 13.7. The van der Waals surface area contributed by atoms with Gasteiger partial charge in [-0.05, 0) is 42.8 Å². The smallest absolute Gasteiger partial charge is 0.261 e. The molecule has 1 aliphatic heterocycles. The molecule has 1 aromatic carbocycles. The summed E-state index contributed by atoms with van der Waals surface area (Å²) in [5.41, 5.74) is 3.18. The van der Waals surface area contributed by atoms with Crippen LogP contribution in [0.3, 0.4) is 0 Å². The van der Waals surface area contributed by atoms with E-state index in [9.17, 15) is 4.79 Å². The summed E-state index contributed by atoms with van der Waals surface area (Å²) >= 11 is 0. The van der Waals surface area contributed by atoms with E-state index in [1.807, 2.05) is 60.6 Å². The fraction of sp³-hybridized carbons (Fsp3) is 0.208. The minimum Gasteiger partial charge on any atom is -0.492 e. The monoisotopic (exact) mass is 400 g/mol. The van der Waals surface area contributed by atoms with Crippen molar-refractivity contribution in [3.63, 3.8) is 0 Å². The number of rotatable bonds is 6. The van der Waals surface area contributed by atoms with Crippen molar-refractivity contribution in [1.29, 1.82) is 0 Å². The van der Waals surface area contributed by atoms with Crippen molar-refractivity contribution in [2.75, 3.05) is 25.1 Å². The first-order valence-electron chi connectivity index (χ1n) is 9.96. The van der Waals surface area contributed by atoms with Crippen LogP contribution < -0.4 is 9.64 Å². The molecule has 3 heterocycles. The maximum absolute atomic E-state index is 13.0. The Morgan fingerprint density at radius 2 is 2.03 bits per heavy atom. The highest BCUT2D eigenvalue weighted by atomic mass is 16.5. The van der Waals surface area contributed by atoms with Crippen molar-refractivity contribution in [2.24, 2.45) is 0 Å². The van der Waals surface area contributed by atoms with Crippen LogP contribution >= 0.6 is 0 Å². The molecule has 152 valence electrons. The zero-order valence-electron chi connectivity index (χ0n) is 17.2. The minimum atomic E-state index is -0.0949. The molecule has 4 rings (SSSR count). The van der Waals surface area contributed by atoms with Crippen molar-refractivity contribution in [1.82, 2.24) is 14.9 Å². The minimum absolute atomic E-state index is 0.0949. The number of fused-ring (bicyclic) bond motifs is 2. The molecule has 3 aromatic rings. The molecule has 0 spiro atoms. The number of ether oxygens (including phenoxy) is 1. The number of aromatic nitrogens is 2. The summed E-state index contributed by atoms with van der Waals surface area (Å²) in [6.45, 7) is 7.03. The summed E-state index contributed by atoms with van der Waals surface area (Å²) in [7, 11) is 1.75. The number of nitrogens with zero attached hydrogens (tertiary/aromatic N) is 4. The molecule has 0 fully saturated rings. The number of pyridine rings is 2. The number of benzene rings is 1. The average Bonchev–Trinajstić information content (AvgIpc) is 2.88. The van der Waals surface area contributed by atoms with Gasteiger partial charge in [0.15, 0.2) is 0 Å². The van der Waals surface area contributed by atoms with Crippen molar-refractivity contribution in [3.8, 4) is 5.75 Å². The van der Waals surface area contributed by atoms with Gasteiger partial charge in [0.05, 0.1) is 23.4 Å². The van der Waals surface area contributed by atoms with Crippen molar-refractivity contribution in [2.45, 2.75) is 13.3 Å². The molecule has 0 radical (unpaired) electrons. The third-order valence-electron chi connectivity index (χ3n) is 5.21. The fourth-order valence-corrected chi connectivity index (χ4v) is 3.53. The average molecular weight is 400 g/mol. The highest BCUT2D eigenvalue weighted by molar-refractivity contribution is 6.01. The Kier molecular flexibility index (Phi) is 5.48. The van der Waals surface area contributed by atoms with E-state index < -0.39 is 0 Å². The molecule has 0 saturated carbocycles. The van der Waals surface area contributed by atoms with E-state index in [1.54, 1.807) is 24.2 Å². The van der Waals surface area contributed by atoms with E-state index in [0.717, 1.165) is 27.9 Å². The molecule has 0 atom stereocenters. The van der Waals surface area contributed by atoms with E-state index in [-0.39, 0.29) is 5.91 Å². The molecule has 0 aliphatic carbocycles. The van der Waals surface area contributed by atoms with E-state index >= 15 is 0 Å². The molecular formula is C24H24N4O2. The summed E-state index contributed by atoms with van der Waals surface area (Å²) in [5, 5.41) is 0.985. The van der Waals surface area contributed by atoms with Crippen LogP contribution in [0.4, 0.5) is 5.82 Å². The summed E-state index contributed by atoms with van der Waals surface area (Å²) in [6, 6.07) is 11.7. The van der Waals surface area contributed by atoms with Gasteiger partial charge in [-0.25, -0.2) is 4.98 Å². The quantitative estimate of drug-likeness (QED) is 0.621. The van der Waals surface area contributed by atoms with Gasteiger partial charge in [-0.3, -0.25) is 9.78 Å². The van der Waals surface area contributed by atoms with Gasteiger partial charge in [0, 0.05) is 44.0 Å². The summed E-state index contributed by atoms with van der Waals surface area (Å²) in [5.74, 6) is 1.37. The van der Waals surface area contributed by atoms with Crippen LogP contribution in [0, 0.1) is 0 Å². The third kappa shape index (κ3) is 3.64. The number of carbonyl (C=O) groups is 1. The number of anilines is 1. The number of likely N-dealkylation sites (N-methyl/N-ethyl adjacent to an activating group) is 1. The van der Waals surface area contributed by atoms with Crippen molar-refractivity contribution < 1.29 is 9.53 Å².